The summed E-state index contributed by atoms with van der Waals surface area (Å²) in [6, 6.07) is 9.66. The monoisotopic (exact) mass is 327 g/mol. The van der Waals surface area contributed by atoms with Crippen molar-refractivity contribution in [2.45, 2.75) is 26.0 Å². The molecule has 1 atom stereocenters. The molecule has 0 aliphatic heterocycles. The fourth-order valence-corrected chi connectivity index (χ4v) is 2.45. The van der Waals surface area contributed by atoms with Gasteiger partial charge in [-0.05, 0) is 43.2 Å². The minimum atomic E-state index is -0.354. The van der Waals surface area contributed by atoms with Crippen molar-refractivity contribution >= 4 is 23.2 Å². The van der Waals surface area contributed by atoms with Gasteiger partial charge in [0, 0.05) is 16.6 Å². The molecule has 2 rings (SSSR count). The van der Waals surface area contributed by atoms with Gasteiger partial charge in [0.15, 0.2) is 0 Å². The zero-order chi connectivity index (χ0) is 15.4. The van der Waals surface area contributed by atoms with E-state index in [1.807, 2.05) is 19.1 Å². The molecule has 2 N–H and O–H groups in total. The van der Waals surface area contributed by atoms with E-state index in [4.69, 9.17) is 33.7 Å². The van der Waals surface area contributed by atoms with E-state index in [-0.39, 0.29) is 18.5 Å². The Kier molecular flexibility index (Phi) is 5.45. The molecule has 0 aliphatic carbocycles. The van der Waals surface area contributed by atoms with Gasteiger partial charge in [-0.3, -0.25) is 0 Å². The minimum absolute atomic E-state index is 0.0106. The summed E-state index contributed by atoms with van der Waals surface area (Å²) < 4.78 is 19.0. The second kappa shape index (κ2) is 7.12. The maximum Gasteiger partial charge on any atom is 0.141 e. The first-order valence-electron chi connectivity index (χ1n) is 6.57. The summed E-state index contributed by atoms with van der Waals surface area (Å²) in [5, 5.41) is 0.956. The molecule has 0 bridgehead atoms. The van der Waals surface area contributed by atoms with Crippen LogP contribution in [0.2, 0.25) is 10.0 Å². The molecule has 2 aromatic carbocycles. The van der Waals surface area contributed by atoms with Crippen molar-refractivity contribution in [2.24, 2.45) is 5.73 Å². The van der Waals surface area contributed by atoms with E-state index in [0.29, 0.717) is 27.8 Å². The van der Waals surface area contributed by atoms with Crippen molar-refractivity contribution in [1.29, 1.82) is 0 Å². The number of halogens is 3. The van der Waals surface area contributed by atoms with Crippen LogP contribution in [-0.2, 0) is 13.0 Å². The maximum absolute atomic E-state index is 13.2. The topological polar surface area (TPSA) is 35.2 Å². The van der Waals surface area contributed by atoms with Gasteiger partial charge in [0.2, 0.25) is 0 Å². The van der Waals surface area contributed by atoms with Crippen LogP contribution in [0.25, 0.3) is 0 Å². The van der Waals surface area contributed by atoms with Gasteiger partial charge in [0.05, 0.1) is 5.02 Å². The van der Waals surface area contributed by atoms with Crippen LogP contribution in [0.1, 0.15) is 18.1 Å². The normalized spacial score (nSPS) is 12.2. The summed E-state index contributed by atoms with van der Waals surface area (Å²) in [6.07, 6.45) is 0.646. The predicted molar refractivity (Wildman–Crippen MR) is 84.5 cm³/mol. The fourth-order valence-electron chi connectivity index (χ4n) is 2.03. The van der Waals surface area contributed by atoms with Gasteiger partial charge in [0.25, 0.3) is 0 Å². The third kappa shape index (κ3) is 4.34. The van der Waals surface area contributed by atoms with Crippen molar-refractivity contribution in [3.63, 3.8) is 0 Å². The lowest BCUT2D eigenvalue weighted by Crippen LogP contribution is -2.18. The lowest BCUT2D eigenvalue weighted by Gasteiger charge is -2.15. The van der Waals surface area contributed by atoms with Crippen LogP contribution in [0.5, 0.6) is 5.75 Å². The molecule has 0 spiro atoms. The van der Waals surface area contributed by atoms with E-state index >= 15 is 0 Å². The summed E-state index contributed by atoms with van der Waals surface area (Å²) in [4.78, 5) is 0. The van der Waals surface area contributed by atoms with Gasteiger partial charge in [-0.1, -0.05) is 35.3 Å². The fraction of sp³-hybridized carbons (Fsp3) is 0.250. The van der Waals surface area contributed by atoms with Crippen LogP contribution in [0.3, 0.4) is 0 Å². The molecular formula is C16H16Cl2FNO. The molecular weight excluding hydrogens is 312 g/mol. The predicted octanol–water partition coefficient (Wildman–Crippen LogP) is 4.60. The zero-order valence-electron chi connectivity index (χ0n) is 11.6. The Morgan fingerprint density at radius 3 is 2.62 bits per heavy atom. The van der Waals surface area contributed by atoms with Crippen molar-refractivity contribution in [2.75, 3.05) is 0 Å². The summed E-state index contributed by atoms with van der Waals surface area (Å²) >= 11 is 12.2. The molecule has 0 heterocycles. The first-order valence-corrected chi connectivity index (χ1v) is 7.32. The minimum Gasteiger partial charge on any atom is -0.487 e. The molecule has 2 aromatic rings. The number of hydrogen-bond acceptors (Lipinski definition) is 2. The molecule has 0 saturated carbocycles. The largest absolute Gasteiger partial charge is 0.487 e. The first-order chi connectivity index (χ1) is 9.97. The molecule has 0 saturated heterocycles. The van der Waals surface area contributed by atoms with Gasteiger partial charge >= 0.3 is 0 Å². The van der Waals surface area contributed by atoms with Crippen molar-refractivity contribution in [3.8, 4) is 5.75 Å². The van der Waals surface area contributed by atoms with Crippen LogP contribution in [0.4, 0.5) is 4.39 Å². The molecule has 0 radical (unpaired) electrons. The van der Waals surface area contributed by atoms with Crippen molar-refractivity contribution < 1.29 is 9.13 Å². The van der Waals surface area contributed by atoms with E-state index in [2.05, 4.69) is 0 Å². The Bertz CT molecular complexity index is 632. The maximum atomic E-state index is 13.2. The van der Waals surface area contributed by atoms with E-state index < -0.39 is 0 Å². The number of hydrogen-bond donors (Lipinski definition) is 1. The first kappa shape index (κ1) is 16.1. The summed E-state index contributed by atoms with van der Waals surface area (Å²) in [5.41, 5.74) is 7.32. The second-order valence-corrected chi connectivity index (χ2v) is 5.75. The molecule has 21 heavy (non-hydrogen) atoms. The molecule has 5 heteroatoms. The van der Waals surface area contributed by atoms with Crippen LogP contribution in [0.15, 0.2) is 36.4 Å². The highest BCUT2D eigenvalue weighted by molar-refractivity contribution is 6.32. The Labute approximate surface area is 133 Å². The van der Waals surface area contributed by atoms with E-state index in [9.17, 15) is 4.39 Å². The smallest absolute Gasteiger partial charge is 0.141 e. The van der Waals surface area contributed by atoms with Gasteiger partial charge in [-0.25, -0.2) is 4.39 Å². The molecule has 0 aliphatic rings. The Balaban J connectivity index is 2.21. The summed E-state index contributed by atoms with van der Waals surface area (Å²) in [6.45, 7) is 2.06. The van der Waals surface area contributed by atoms with Crippen LogP contribution in [-0.4, -0.2) is 6.04 Å². The highest BCUT2D eigenvalue weighted by atomic mass is 35.5. The SMILES string of the molecule is CC(N)Cc1cccc(Cl)c1OCc1cc(F)ccc1Cl. The van der Waals surface area contributed by atoms with Crippen LogP contribution < -0.4 is 10.5 Å². The van der Waals surface area contributed by atoms with Gasteiger partial charge < -0.3 is 10.5 Å². The lowest BCUT2D eigenvalue weighted by molar-refractivity contribution is 0.302. The Morgan fingerprint density at radius 2 is 1.90 bits per heavy atom. The number of benzene rings is 2. The Hall–Kier alpha value is -1.29. The number of para-hydroxylation sites is 1. The summed E-state index contributed by atoms with van der Waals surface area (Å²) in [5.74, 6) is 0.213. The van der Waals surface area contributed by atoms with E-state index in [1.54, 1.807) is 6.07 Å². The van der Waals surface area contributed by atoms with E-state index in [0.717, 1.165) is 5.56 Å². The second-order valence-electron chi connectivity index (χ2n) is 4.93. The molecule has 0 aromatic heterocycles. The molecule has 112 valence electrons. The number of nitrogens with two attached hydrogens (primary N) is 1. The molecule has 0 fully saturated rings. The van der Waals surface area contributed by atoms with Gasteiger partial charge in [-0.15, -0.1) is 0 Å². The molecule has 2 nitrogen and oxygen atoms in total. The highest BCUT2D eigenvalue weighted by Crippen LogP contribution is 2.31. The van der Waals surface area contributed by atoms with Crippen molar-refractivity contribution in [3.05, 3.63) is 63.4 Å². The highest BCUT2D eigenvalue weighted by Gasteiger charge is 2.11. The van der Waals surface area contributed by atoms with Crippen molar-refractivity contribution in [1.82, 2.24) is 0 Å². The average Bonchev–Trinajstić information content (AvgIpc) is 2.41. The standard InChI is InChI=1S/C16H16Cl2FNO/c1-10(20)7-11-3-2-4-15(18)16(11)21-9-12-8-13(19)5-6-14(12)17/h2-6,8,10H,7,9,20H2,1H3. The van der Waals surface area contributed by atoms with Crippen LogP contribution >= 0.6 is 23.2 Å². The molecule has 1 unspecified atom stereocenters. The van der Waals surface area contributed by atoms with Crippen LogP contribution in [0, 0.1) is 5.82 Å². The number of rotatable bonds is 5. The van der Waals surface area contributed by atoms with E-state index in [1.165, 1.54) is 18.2 Å². The quantitative estimate of drug-likeness (QED) is 0.870. The third-order valence-corrected chi connectivity index (χ3v) is 3.64. The molecule has 0 amide bonds. The average molecular weight is 328 g/mol. The van der Waals surface area contributed by atoms with Gasteiger partial charge in [0.1, 0.15) is 18.2 Å². The lowest BCUT2D eigenvalue weighted by atomic mass is 10.1. The zero-order valence-corrected chi connectivity index (χ0v) is 13.1. The Morgan fingerprint density at radius 1 is 1.14 bits per heavy atom. The van der Waals surface area contributed by atoms with Gasteiger partial charge in [-0.2, -0.15) is 0 Å². The number of ether oxygens (including phenoxy) is 1. The third-order valence-electron chi connectivity index (χ3n) is 2.97. The summed E-state index contributed by atoms with van der Waals surface area (Å²) in [7, 11) is 0.